The lowest BCUT2D eigenvalue weighted by atomic mass is 10.2. The summed E-state index contributed by atoms with van der Waals surface area (Å²) in [5.74, 6) is 1.05. The maximum Gasteiger partial charge on any atom is 0.263 e. The van der Waals surface area contributed by atoms with Gasteiger partial charge in [-0.05, 0) is 36.8 Å². The average Bonchev–Trinajstić information content (AvgIpc) is 2.76. The zero-order valence-electron chi connectivity index (χ0n) is 16.5. The van der Waals surface area contributed by atoms with Crippen molar-refractivity contribution < 1.29 is 27.4 Å². The Balaban J connectivity index is 1.75. The quantitative estimate of drug-likeness (QED) is 0.736. The van der Waals surface area contributed by atoms with Crippen LogP contribution in [-0.4, -0.2) is 46.9 Å². The zero-order chi connectivity index (χ0) is 21.0. The largest absolute Gasteiger partial charge is 0.493 e. The Morgan fingerprint density at radius 3 is 2.59 bits per heavy atom. The number of ether oxygens (including phenoxy) is 3. The third-order valence-corrected chi connectivity index (χ3v) is 6.39. The van der Waals surface area contributed by atoms with Gasteiger partial charge in [0.05, 0.1) is 32.2 Å². The summed E-state index contributed by atoms with van der Waals surface area (Å²) < 4.78 is 42.5. The molecule has 156 valence electrons. The van der Waals surface area contributed by atoms with Crippen LogP contribution in [0, 0.1) is 0 Å². The number of nitrogens with one attached hydrogen (secondary N) is 1. The minimum Gasteiger partial charge on any atom is -0.493 e. The van der Waals surface area contributed by atoms with Gasteiger partial charge in [-0.25, -0.2) is 8.42 Å². The van der Waals surface area contributed by atoms with Crippen LogP contribution in [-0.2, 0) is 21.4 Å². The molecule has 1 aliphatic rings. The van der Waals surface area contributed by atoms with E-state index < -0.39 is 22.0 Å². The van der Waals surface area contributed by atoms with Crippen molar-refractivity contribution in [2.24, 2.45) is 0 Å². The van der Waals surface area contributed by atoms with E-state index in [0.717, 1.165) is 5.56 Å². The van der Waals surface area contributed by atoms with Crippen LogP contribution in [0.3, 0.4) is 0 Å². The molecule has 9 heteroatoms. The van der Waals surface area contributed by atoms with Gasteiger partial charge in [-0.2, -0.15) is 0 Å². The standard InChI is InChI=1S/C20H24N2O6S/c1-4-29(24,25)22-13-19(28-16-8-6-5-7-15(16)22)20(23)21-12-14-9-10-17(26-2)18(11-14)27-3/h5-11,19H,4,12-13H2,1-3H3,(H,21,23)/t19-/m1/s1. The summed E-state index contributed by atoms with van der Waals surface area (Å²) in [6, 6.07) is 12.1. The van der Waals surface area contributed by atoms with Gasteiger partial charge in [0.2, 0.25) is 10.0 Å². The summed E-state index contributed by atoms with van der Waals surface area (Å²) in [7, 11) is -0.455. The van der Waals surface area contributed by atoms with Crippen LogP contribution in [0.2, 0.25) is 0 Å². The molecule has 1 atom stereocenters. The van der Waals surface area contributed by atoms with Gasteiger partial charge >= 0.3 is 0 Å². The first-order chi connectivity index (χ1) is 13.9. The molecule has 0 bridgehead atoms. The molecular formula is C20H24N2O6S. The van der Waals surface area contributed by atoms with Crippen molar-refractivity contribution in [1.82, 2.24) is 5.32 Å². The third kappa shape index (κ3) is 4.40. The molecule has 8 nitrogen and oxygen atoms in total. The number of para-hydroxylation sites is 2. The van der Waals surface area contributed by atoms with Gasteiger partial charge in [0.1, 0.15) is 5.75 Å². The molecule has 0 aliphatic carbocycles. The van der Waals surface area contributed by atoms with E-state index in [4.69, 9.17) is 14.2 Å². The van der Waals surface area contributed by atoms with E-state index in [-0.39, 0.29) is 18.8 Å². The first kappa shape index (κ1) is 20.8. The maximum atomic E-state index is 12.7. The molecule has 2 aromatic rings. The van der Waals surface area contributed by atoms with Gasteiger partial charge < -0.3 is 19.5 Å². The molecule has 2 aromatic carbocycles. The highest BCUT2D eigenvalue weighted by Crippen LogP contribution is 2.35. The number of rotatable bonds is 7. The van der Waals surface area contributed by atoms with Gasteiger partial charge in [-0.15, -0.1) is 0 Å². The van der Waals surface area contributed by atoms with Gasteiger partial charge in [0.25, 0.3) is 5.91 Å². The van der Waals surface area contributed by atoms with E-state index in [9.17, 15) is 13.2 Å². The molecule has 29 heavy (non-hydrogen) atoms. The lowest BCUT2D eigenvalue weighted by Crippen LogP contribution is -2.50. The summed E-state index contributed by atoms with van der Waals surface area (Å²) in [6.07, 6.45) is -0.952. The van der Waals surface area contributed by atoms with Crippen molar-refractivity contribution in [2.75, 3.05) is 30.8 Å². The highest BCUT2D eigenvalue weighted by Gasteiger charge is 2.35. The number of sulfonamides is 1. The number of amides is 1. The Morgan fingerprint density at radius 1 is 1.17 bits per heavy atom. The van der Waals surface area contributed by atoms with Crippen molar-refractivity contribution in [1.29, 1.82) is 0 Å². The molecule has 0 radical (unpaired) electrons. The molecule has 3 rings (SSSR count). The molecule has 1 N–H and O–H groups in total. The molecular weight excluding hydrogens is 396 g/mol. The molecule has 0 fully saturated rings. The fourth-order valence-corrected chi connectivity index (χ4v) is 4.18. The van der Waals surface area contributed by atoms with Crippen molar-refractivity contribution in [2.45, 2.75) is 19.6 Å². The fourth-order valence-electron chi connectivity index (χ4n) is 3.05. The summed E-state index contributed by atoms with van der Waals surface area (Å²) in [5.41, 5.74) is 1.25. The van der Waals surface area contributed by atoms with E-state index >= 15 is 0 Å². The molecule has 1 aliphatic heterocycles. The van der Waals surface area contributed by atoms with E-state index in [1.807, 2.05) is 6.07 Å². The Morgan fingerprint density at radius 2 is 1.90 bits per heavy atom. The zero-order valence-corrected chi connectivity index (χ0v) is 17.4. The minimum absolute atomic E-state index is 0.0681. The number of hydrogen-bond acceptors (Lipinski definition) is 6. The number of nitrogens with zero attached hydrogens (tertiary/aromatic N) is 1. The number of benzene rings is 2. The normalized spacial score (nSPS) is 15.8. The van der Waals surface area contributed by atoms with Gasteiger partial charge in [-0.1, -0.05) is 18.2 Å². The second kappa shape index (κ2) is 8.60. The molecule has 0 saturated carbocycles. The second-order valence-corrected chi connectivity index (χ2v) is 8.59. The number of anilines is 1. The summed E-state index contributed by atoms with van der Waals surface area (Å²) in [6.45, 7) is 1.73. The van der Waals surface area contributed by atoms with E-state index in [1.54, 1.807) is 50.4 Å². The van der Waals surface area contributed by atoms with Crippen LogP contribution >= 0.6 is 0 Å². The predicted molar refractivity (Wildman–Crippen MR) is 109 cm³/mol. The van der Waals surface area contributed by atoms with E-state index in [2.05, 4.69) is 5.32 Å². The average molecular weight is 420 g/mol. The van der Waals surface area contributed by atoms with Crippen LogP contribution in [0.15, 0.2) is 42.5 Å². The van der Waals surface area contributed by atoms with Crippen molar-refractivity contribution in [3.05, 3.63) is 48.0 Å². The SMILES string of the molecule is CCS(=O)(=O)N1C[C@H](C(=O)NCc2ccc(OC)c(OC)c2)Oc2ccccc21. The Labute approximate surface area is 170 Å². The first-order valence-electron chi connectivity index (χ1n) is 9.14. The maximum absolute atomic E-state index is 12.7. The van der Waals surface area contributed by atoms with Crippen LogP contribution < -0.4 is 23.8 Å². The first-order valence-corrected chi connectivity index (χ1v) is 10.7. The minimum atomic E-state index is -3.54. The Bertz CT molecular complexity index is 992. The number of fused-ring (bicyclic) bond motifs is 1. The topological polar surface area (TPSA) is 94.2 Å². The van der Waals surface area contributed by atoms with Crippen molar-refractivity contribution >= 4 is 21.6 Å². The van der Waals surface area contributed by atoms with Gasteiger partial charge in [-0.3, -0.25) is 9.10 Å². The number of carbonyl (C=O) groups is 1. The van der Waals surface area contributed by atoms with Gasteiger partial charge in [0, 0.05) is 6.54 Å². The monoisotopic (exact) mass is 420 g/mol. The third-order valence-electron chi connectivity index (χ3n) is 4.64. The van der Waals surface area contributed by atoms with Gasteiger partial charge in [0.15, 0.2) is 17.6 Å². The molecule has 1 amide bonds. The smallest absolute Gasteiger partial charge is 0.263 e. The fraction of sp³-hybridized carbons (Fsp3) is 0.350. The second-order valence-electron chi connectivity index (χ2n) is 6.41. The molecule has 0 unspecified atom stereocenters. The highest BCUT2D eigenvalue weighted by molar-refractivity contribution is 7.92. The number of methoxy groups -OCH3 is 2. The molecule has 0 aromatic heterocycles. The molecule has 0 saturated heterocycles. The summed E-state index contributed by atoms with van der Waals surface area (Å²) in [4.78, 5) is 12.7. The van der Waals surface area contributed by atoms with Crippen LogP contribution in [0.25, 0.3) is 0 Å². The molecule has 1 heterocycles. The van der Waals surface area contributed by atoms with Crippen LogP contribution in [0.4, 0.5) is 5.69 Å². The summed E-state index contributed by atoms with van der Waals surface area (Å²) >= 11 is 0. The number of carbonyl (C=O) groups excluding carboxylic acids is 1. The van der Waals surface area contributed by atoms with E-state index in [1.165, 1.54) is 11.4 Å². The molecule has 0 spiro atoms. The van der Waals surface area contributed by atoms with Crippen LogP contribution in [0.1, 0.15) is 12.5 Å². The highest BCUT2D eigenvalue weighted by atomic mass is 32.2. The lowest BCUT2D eigenvalue weighted by Gasteiger charge is -2.34. The van der Waals surface area contributed by atoms with Crippen LogP contribution in [0.5, 0.6) is 17.2 Å². The van der Waals surface area contributed by atoms with Crippen molar-refractivity contribution in [3.63, 3.8) is 0 Å². The van der Waals surface area contributed by atoms with E-state index in [0.29, 0.717) is 22.9 Å². The Kier molecular flexibility index (Phi) is 6.17. The van der Waals surface area contributed by atoms with Crippen molar-refractivity contribution in [3.8, 4) is 17.2 Å². The number of hydrogen-bond donors (Lipinski definition) is 1. The predicted octanol–water partition coefficient (Wildman–Crippen LogP) is 1.94. The summed E-state index contributed by atoms with van der Waals surface area (Å²) in [5, 5.41) is 2.80. The lowest BCUT2D eigenvalue weighted by molar-refractivity contribution is -0.127. The Hall–Kier alpha value is -2.94.